The third-order valence-electron chi connectivity index (χ3n) is 4.26. The third kappa shape index (κ3) is 3.65. The maximum absolute atomic E-state index is 5.39. The van der Waals surface area contributed by atoms with Crippen LogP contribution in [0, 0.1) is 0 Å². The van der Waals surface area contributed by atoms with Gasteiger partial charge in [-0.2, -0.15) is 0 Å². The van der Waals surface area contributed by atoms with Gasteiger partial charge in [0, 0.05) is 35.8 Å². The summed E-state index contributed by atoms with van der Waals surface area (Å²) in [6.07, 6.45) is 1.85. The summed E-state index contributed by atoms with van der Waals surface area (Å²) in [4.78, 5) is 11.5. The predicted molar refractivity (Wildman–Crippen MR) is 107 cm³/mol. The Morgan fingerprint density at radius 1 is 0.962 bits per heavy atom. The van der Waals surface area contributed by atoms with E-state index in [4.69, 9.17) is 14.5 Å². The highest BCUT2D eigenvalue weighted by Gasteiger charge is 2.12. The Bertz CT molecular complexity index is 875. The minimum absolute atomic E-state index is 0.701. The molecular weight excluding hydrogens is 346 g/mol. The number of benzene rings is 1. The highest BCUT2D eigenvalue weighted by Crippen LogP contribution is 2.35. The molecule has 0 N–H and O–H groups in total. The SMILES string of the molecule is CCN(CC)c1cc(-c2nc(-c3ccc(OC)c(OC)c3)cs2)ccn1. The van der Waals surface area contributed by atoms with Gasteiger partial charge in [-0.15, -0.1) is 11.3 Å². The van der Waals surface area contributed by atoms with E-state index in [0.29, 0.717) is 11.5 Å². The molecule has 0 spiro atoms. The first kappa shape index (κ1) is 18.2. The first-order chi connectivity index (χ1) is 12.7. The fourth-order valence-electron chi connectivity index (χ4n) is 2.81. The van der Waals surface area contributed by atoms with Crippen LogP contribution in [0.3, 0.4) is 0 Å². The first-order valence-electron chi connectivity index (χ1n) is 8.59. The van der Waals surface area contributed by atoms with Gasteiger partial charge in [0.15, 0.2) is 11.5 Å². The molecule has 0 amide bonds. The van der Waals surface area contributed by atoms with Gasteiger partial charge in [0.25, 0.3) is 0 Å². The summed E-state index contributed by atoms with van der Waals surface area (Å²) < 4.78 is 10.7. The molecule has 0 aliphatic heterocycles. The lowest BCUT2D eigenvalue weighted by molar-refractivity contribution is 0.355. The lowest BCUT2D eigenvalue weighted by Gasteiger charge is -2.19. The number of pyridine rings is 1. The number of ether oxygens (including phenoxy) is 2. The maximum atomic E-state index is 5.39. The Morgan fingerprint density at radius 3 is 2.42 bits per heavy atom. The normalized spacial score (nSPS) is 10.6. The average Bonchev–Trinajstić information content (AvgIpc) is 3.19. The van der Waals surface area contributed by atoms with Crippen LogP contribution < -0.4 is 14.4 Å². The van der Waals surface area contributed by atoms with Crippen molar-refractivity contribution in [2.24, 2.45) is 0 Å². The smallest absolute Gasteiger partial charge is 0.161 e. The van der Waals surface area contributed by atoms with Gasteiger partial charge in [0.2, 0.25) is 0 Å². The van der Waals surface area contributed by atoms with Crippen LogP contribution in [0.5, 0.6) is 11.5 Å². The molecule has 26 heavy (non-hydrogen) atoms. The molecule has 0 saturated carbocycles. The van der Waals surface area contributed by atoms with Gasteiger partial charge >= 0.3 is 0 Å². The number of methoxy groups -OCH3 is 2. The van der Waals surface area contributed by atoms with E-state index >= 15 is 0 Å². The van der Waals surface area contributed by atoms with Gasteiger partial charge in [-0.1, -0.05) is 0 Å². The van der Waals surface area contributed by atoms with Crippen molar-refractivity contribution in [3.8, 4) is 33.3 Å². The van der Waals surface area contributed by atoms with Gasteiger partial charge in [0.1, 0.15) is 10.8 Å². The fourth-order valence-corrected chi connectivity index (χ4v) is 3.63. The number of rotatable bonds is 7. The molecule has 0 aliphatic rings. The molecule has 6 heteroatoms. The fraction of sp³-hybridized carbons (Fsp3) is 0.300. The number of aromatic nitrogens is 2. The number of hydrogen-bond acceptors (Lipinski definition) is 6. The molecule has 0 atom stereocenters. The lowest BCUT2D eigenvalue weighted by atomic mass is 10.1. The van der Waals surface area contributed by atoms with Crippen LogP contribution in [0.25, 0.3) is 21.8 Å². The molecular formula is C20H23N3O2S. The van der Waals surface area contributed by atoms with E-state index in [1.165, 1.54) is 0 Å². The molecule has 0 saturated heterocycles. The number of hydrogen-bond donors (Lipinski definition) is 0. The molecule has 5 nitrogen and oxygen atoms in total. The monoisotopic (exact) mass is 369 g/mol. The number of anilines is 1. The summed E-state index contributed by atoms with van der Waals surface area (Å²) in [5.41, 5.74) is 3.01. The van der Waals surface area contributed by atoms with Gasteiger partial charge in [-0.3, -0.25) is 0 Å². The van der Waals surface area contributed by atoms with E-state index < -0.39 is 0 Å². The summed E-state index contributed by atoms with van der Waals surface area (Å²) in [5, 5.41) is 3.04. The van der Waals surface area contributed by atoms with Crippen LogP contribution in [0.2, 0.25) is 0 Å². The minimum Gasteiger partial charge on any atom is -0.493 e. The quantitative estimate of drug-likeness (QED) is 0.602. The summed E-state index contributed by atoms with van der Waals surface area (Å²) in [5.74, 6) is 2.40. The van der Waals surface area contributed by atoms with Gasteiger partial charge in [-0.05, 0) is 44.2 Å². The minimum atomic E-state index is 0.701. The van der Waals surface area contributed by atoms with E-state index in [-0.39, 0.29) is 0 Å². The van der Waals surface area contributed by atoms with Crippen molar-refractivity contribution in [2.45, 2.75) is 13.8 Å². The van der Waals surface area contributed by atoms with Crippen LogP contribution in [-0.2, 0) is 0 Å². The van der Waals surface area contributed by atoms with Crippen LogP contribution in [-0.4, -0.2) is 37.3 Å². The van der Waals surface area contributed by atoms with E-state index in [0.717, 1.165) is 40.7 Å². The molecule has 3 rings (SSSR count). The Kier molecular flexibility index (Phi) is 5.73. The largest absolute Gasteiger partial charge is 0.493 e. The molecule has 1 aromatic carbocycles. The van der Waals surface area contributed by atoms with Crippen LogP contribution >= 0.6 is 11.3 Å². The van der Waals surface area contributed by atoms with E-state index in [1.54, 1.807) is 25.6 Å². The maximum Gasteiger partial charge on any atom is 0.161 e. The van der Waals surface area contributed by atoms with Crippen LogP contribution in [0.1, 0.15) is 13.8 Å². The van der Waals surface area contributed by atoms with Crippen molar-refractivity contribution in [3.63, 3.8) is 0 Å². The van der Waals surface area contributed by atoms with Gasteiger partial charge in [-0.25, -0.2) is 9.97 Å². The second-order valence-corrected chi connectivity index (χ2v) is 6.54. The average molecular weight is 369 g/mol. The van der Waals surface area contributed by atoms with Gasteiger partial charge in [0.05, 0.1) is 19.9 Å². The zero-order valence-corrected chi connectivity index (χ0v) is 16.3. The molecule has 2 aromatic heterocycles. The van der Waals surface area contributed by atoms with Crippen molar-refractivity contribution < 1.29 is 9.47 Å². The zero-order chi connectivity index (χ0) is 18.5. The molecule has 0 radical (unpaired) electrons. The Morgan fingerprint density at radius 2 is 1.73 bits per heavy atom. The van der Waals surface area contributed by atoms with E-state index in [9.17, 15) is 0 Å². The lowest BCUT2D eigenvalue weighted by Crippen LogP contribution is -2.22. The molecule has 2 heterocycles. The number of thiazole rings is 1. The van der Waals surface area contributed by atoms with Crippen molar-refractivity contribution in [1.29, 1.82) is 0 Å². The highest BCUT2D eigenvalue weighted by molar-refractivity contribution is 7.13. The van der Waals surface area contributed by atoms with Crippen molar-refractivity contribution in [2.75, 3.05) is 32.2 Å². The Hall–Kier alpha value is -2.60. The summed E-state index contributed by atoms with van der Waals surface area (Å²) >= 11 is 1.63. The molecule has 0 aliphatic carbocycles. The van der Waals surface area contributed by atoms with E-state index in [1.807, 2.05) is 30.5 Å². The van der Waals surface area contributed by atoms with Crippen molar-refractivity contribution in [1.82, 2.24) is 9.97 Å². The Balaban J connectivity index is 1.92. The topological polar surface area (TPSA) is 47.5 Å². The number of nitrogens with zero attached hydrogens (tertiary/aromatic N) is 3. The van der Waals surface area contributed by atoms with Crippen molar-refractivity contribution >= 4 is 17.2 Å². The summed E-state index contributed by atoms with van der Waals surface area (Å²) in [6.45, 7) is 6.14. The third-order valence-corrected chi connectivity index (χ3v) is 5.15. The molecule has 0 unspecified atom stereocenters. The second kappa shape index (κ2) is 8.19. The molecule has 0 fully saturated rings. The standard InChI is InChI=1S/C20H23N3O2S/c1-5-23(6-2)19-12-15(9-10-21-19)20-22-16(13-26-20)14-7-8-17(24-3)18(11-14)25-4/h7-13H,5-6H2,1-4H3. The summed E-state index contributed by atoms with van der Waals surface area (Å²) in [7, 11) is 3.27. The molecule has 3 aromatic rings. The predicted octanol–water partition coefficient (Wildman–Crippen LogP) is 4.74. The Labute approximate surface area is 158 Å². The van der Waals surface area contributed by atoms with Crippen LogP contribution in [0.4, 0.5) is 5.82 Å². The van der Waals surface area contributed by atoms with Crippen LogP contribution in [0.15, 0.2) is 41.9 Å². The zero-order valence-electron chi connectivity index (χ0n) is 15.5. The summed E-state index contributed by atoms with van der Waals surface area (Å²) in [6, 6.07) is 9.95. The van der Waals surface area contributed by atoms with E-state index in [2.05, 4.69) is 35.2 Å². The van der Waals surface area contributed by atoms with Crippen molar-refractivity contribution in [3.05, 3.63) is 41.9 Å². The van der Waals surface area contributed by atoms with Gasteiger partial charge < -0.3 is 14.4 Å². The first-order valence-corrected chi connectivity index (χ1v) is 9.47. The molecule has 136 valence electrons. The highest BCUT2D eigenvalue weighted by atomic mass is 32.1. The molecule has 0 bridgehead atoms. The second-order valence-electron chi connectivity index (χ2n) is 5.68.